The van der Waals surface area contributed by atoms with Crippen molar-refractivity contribution >= 4 is 5.91 Å². The minimum Gasteiger partial charge on any atom is -0.492 e. The molecule has 1 aromatic heterocycles. The molecule has 2 aromatic rings. The van der Waals surface area contributed by atoms with E-state index in [2.05, 4.69) is 10.4 Å². The number of nitrogens with one attached hydrogen (secondary N) is 1. The molecule has 1 aromatic carbocycles. The second-order valence-electron chi connectivity index (χ2n) is 5.95. The van der Waals surface area contributed by atoms with E-state index >= 15 is 0 Å². The van der Waals surface area contributed by atoms with E-state index in [1.807, 2.05) is 51.1 Å². The Balaban J connectivity index is 2.00. The number of rotatable bonds is 7. The topological polar surface area (TPSA) is 73.2 Å². The molecule has 6 heteroatoms. The van der Waals surface area contributed by atoms with Gasteiger partial charge in [-0.1, -0.05) is 32.0 Å². The van der Waals surface area contributed by atoms with Crippen LogP contribution in [0.5, 0.6) is 5.75 Å². The van der Waals surface area contributed by atoms with E-state index < -0.39 is 0 Å². The predicted molar refractivity (Wildman–Crippen MR) is 92.2 cm³/mol. The summed E-state index contributed by atoms with van der Waals surface area (Å²) in [7, 11) is 0. The molecule has 24 heavy (non-hydrogen) atoms. The highest BCUT2D eigenvalue weighted by atomic mass is 16.5. The Morgan fingerprint density at radius 3 is 2.54 bits per heavy atom. The Kier molecular flexibility index (Phi) is 6.12. The van der Waals surface area contributed by atoms with Gasteiger partial charge in [-0.15, -0.1) is 0 Å². The molecule has 0 aliphatic rings. The van der Waals surface area contributed by atoms with E-state index in [9.17, 15) is 9.59 Å². The van der Waals surface area contributed by atoms with Crippen LogP contribution >= 0.6 is 0 Å². The van der Waals surface area contributed by atoms with Gasteiger partial charge in [0.2, 0.25) is 0 Å². The van der Waals surface area contributed by atoms with Crippen LogP contribution in [-0.2, 0) is 6.54 Å². The average Bonchev–Trinajstić information content (AvgIpc) is 2.57. The zero-order chi connectivity index (χ0) is 17.5. The van der Waals surface area contributed by atoms with Crippen molar-refractivity contribution in [2.45, 2.75) is 33.4 Å². The first-order chi connectivity index (χ1) is 11.5. The molecule has 0 bridgehead atoms. The van der Waals surface area contributed by atoms with Crippen molar-refractivity contribution in [2.75, 3.05) is 6.61 Å². The molecule has 6 nitrogen and oxygen atoms in total. The molecular formula is C18H23N3O3. The van der Waals surface area contributed by atoms with Crippen LogP contribution in [0.3, 0.4) is 0 Å². The van der Waals surface area contributed by atoms with Crippen molar-refractivity contribution in [1.29, 1.82) is 0 Å². The lowest BCUT2D eigenvalue weighted by Gasteiger charge is -2.17. The first-order valence-corrected chi connectivity index (χ1v) is 8.04. The van der Waals surface area contributed by atoms with Gasteiger partial charge in [0.25, 0.3) is 11.5 Å². The summed E-state index contributed by atoms with van der Waals surface area (Å²) >= 11 is 0. The molecular weight excluding hydrogens is 306 g/mol. The lowest BCUT2D eigenvalue weighted by Crippen LogP contribution is -2.38. The first-order valence-electron chi connectivity index (χ1n) is 8.04. The fraction of sp³-hybridized carbons (Fsp3) is 0.389. The van der Waals surface area contributed by atoms with E-state index in [1.165, 1.54) is 16.8 Å². The largest absolute Gasteiger partial charge is 0.492 e. The van der Waals surface area contributed by atoms with Crippen LogP contribution < -0.4 is 15.6 Å². The zero-order valence-corrected chi connectivity index (χ0v) is 14.2. The molecule has 1 N–H and O–H groups in total. The number of carbonyl (C=O) groups excluding carboxylic acids is 1. The Hall–Kier alpha value is -2.63. The predicted octanol–water partition coefficient (Wildman–Crippen LogP) is 2.10. The Bertz CT molecular complexity index is 726. The van der Waals surface area contributed by atoms with E-state index in [0.29, 0.717) is 12.5 Å². The lowest BCUT2D eigenvalue weighted by molar-refractivity contribution is 0.0922. The second kappa shape index (κ2) is 8.29. The van der Waals surface area contributed by atoms with Crippen molar-refractivity contribution in [3.05, 3.63) is 58.5 Å². The van der Waals surface area contributed by atoms with Crippen LogP contribution in [-0.4, -0.2) is 28.3 Å². The van der Waals surface area contributed by atoms with Crippen molar-refractivity contribution in [1.82, 2.24) is 15.1 Å². The third-order valence-corrected chi connectivity index (χ3v) is 3.77. The van der Waals surface area contributed by atoms with Crippen LogP contribution in [0.25, 0.3) is 0 Å². The fourth-order valence-electron chi connectivity index (χ4n) is 1.94. The van der Waals surface area contributed by atoms with Gasteiger partial charge in [0.15, 0.2) is 0 Å². The molecule has 1 atom stereocenters. The maximum atomic E-state index is 12.2. The van der Waals surface area contributed by atoms with Crippen LogP contribution in [0.1, 0.15) is 31.3 Å². The van der Waals surface area contributed by atoms with Gasteiger partial charge in [0.1, 0.15) is 18.1 Å². The first kappa shape index (κ1) is 17.7. The highest BCUT2D eigenvalue weighted by Gasteiger charge is 2.14. The minimum atomic E-state index is -0.283. The Labute approximate surface area is 141 Å². The van der Waals surface area contributed by atoms with Crippen LogP contribution in [0.15, 0.2) is 47.3 Å². The van der Waals surface area contributed by atoms with Gasteiger partial charge in [0, 0.05) is 12.1 Å². The number of benzene rings is 1. The lowest BCUT2D eigenvalue weighted by atomic mass is 10.1. The van der Waals surface area contributed by atoms with Gasteiger partial charge in [0.05, 0.1) is 6.54 Å². The van der Waals surface area contributed by atoms with Crippen LogP contribution in [0, 0.1) is 5.92 Å². The quantitative estimate of drug-likeness (QED) is 0.844. The van der Waals surface area contributed by atoms with Crippen molar-refractivity contribution in [2.24, 2.45) is 5.92 Å². The minimum absolute atomic E-state index is 0.0288. The third-order valence-electron chi connectivity index (χ3n) is 3.77. The molecule has 0 fully saturated rings. The summed E-state index contributed by atoms with van der Waals surface area (Å²) in [6, 6.07) is 12.2. The molecule has 0 unspecified atom stereocenters. The van der Waals surface area contributed by atoms with E-state index in [-0.39, 0.29) is 29.7 Å². The highest BCUT2D eigenvalue weighted by Crippen LogP contribution is 2.07. The number of para-hydroxylation sites is 1. The number of carbonyl (C=O) groups is 1. The van der Waals surface area contributed by atoms with Gasteiger partial charge in [-0.05, 0) is 31.0 Å². The number of amides is 1. The summed E-state index contributed by atoms with van der Waals surface area (Å²) in [5, 5.41) is 7.00. The van der Waals surface area contributed by atoms with E-state index in [1.54, 1.807) is 0 Å². The molecule has 128 valence electrons. The standard InChI is InChI=1S/C18H23N3O3/c1-13(2)14(3)19-18(23)16-9-10-17(22)21(20-16)11-12-24-15-7-5-4-6-8-15/h4-10,13-14H,11-12H2,1-3H3,(H,19,23)/t14-/m1/s1. The molecule has 0 saturated carbocycles. The fourth-order valence-corrected chi connectivity index (χ4v) is 1.94. The van der Waals surface area contributed by atoms with E-state index in [0.717, 1.165) is 5.75 Å². The SMILES string of the molecule is CC(C)[C@@H](C)NC(=O)c1ccc(=O)n(CCOc2ccccc2)n1. The summed E-state index contributed by atoms with van der Waals surface area (Å²) in [6.07, 6.45) is 0. The van der Waals surface area contributed by atoms with E-state index in [4.69, 9.17) is 4.74 Å². The molecule has 0 radical (unpaired) electrons. The van der Waals surface area contributed by atoms with Crippen LogP contribution in [0.2, 0.25) is 0 Å². The summed E-state index contributed by atoms with van der Waals surface area (Å²) in [6.45, 7) is 6.56. The zero-order valence-electron chi connectivity index (χ0n) is 14.2. The van der Waals surface area contributed by atoms with Gasteiger partial charge < -0.3 is 10.1 Å². The van der Waals surface area contributed by atoms with Gasteiger partial charge in [-0.3, -0.25) is 9.59 Å². The van der Waals surface area contributed by atoms with Gasteiger partial charge in [-0.2, -0.15) is 5.10 Å². The molecule has 0 spiro atoms. The third kappa shape index (κ3) is 4.94. The molecule has 2 rings (SSSR count). The normalized spacial score (nSPS) is 12.0. The second-order valence-corrected chi connectivity index (χ2v) is 5.95. The summed E-state index contributed by atoms with van der Waals surface area (Å²) in [5.41, 5.74) is -0.0399. The van der Waals surface area contributed by atoms with Crippen molar-refractivity contribution in [3.8, 4) is 5.75 Å². The van der Waals surface area contributed by atoms with Crippen molar-refractivity contribution < 1.29 is 9.53 Å². The average molecular weight is 329 g/mol. The molecule has 0 saturated heterocycles. The maximum Gasteiger partial charge on any atom is 0.271 e. The van der Waals surface area contributed by atoms with Gasteiger partial charge >= 0.3 is 0 Å². The smallest absolute Gasteiger partial charge is 0.271 e. The Morgan fingerprint density at radius 1 is 1.17 bits per heavy atom. The summed E-state index contributed by atoms with van der Waals surface area (Å²) in [5.74, 6) is 0.762. The number of nitrogens with zero attached hydrogens (tertiary/aromatic N) is 2. The van der Waals surface area contributed by atoms with Crippen molar-refractivity contribution in [3.63, 3.8) is 0 Å². The van der Waals surface area contributed by atoms with Gasteiger partial charge in [-0.25, -0.2) is 4.68 Å². The molecule has 0 aliphatic carbocycles. The molecule has 1 heterocycles. The number of ether oxygens (including phenoxy) is 1. The van der Waals surface area contributed by atoms with Crippen LogP contribution in [0.4, 0.5) is 0 Å². The number of hydrogen-bond acceptors (Lipinski definition) is 4. The highest BCUT2D eigenvalue weighted by molar-refractivity contribution is 5.92. The Morgan fingerprint density at radius 2 is 1.88 bits per heavy atom. The summed E-state index contributed by atoms with van der Waals surface area (Å²) in [4.78, 5) is 24.1. The number of aromatic nitrogens is 2. The maximum absolute atomic E-state index is 12.2. The number of hydrogen-bond donors (Lipinski definition) is 1. The molecule has 0 aliphatic heterocycles. The monoisotopic (exact) mass is 329 g/mol. The molecule has 1 amide bonds. The summed E-state index contributed by atoms with van der Waals surface area (Å²) < 4.78 is 6.81.